The molecule has 0 aromatic heterocycles. The number of carbonyl (C=O) groups is 1. The van der Waals surface area contributed by atoms with Crippen molar-refractivity contribution in [2.75, 3.05) is 26.2 Å². The molecule has 1 aromatic rings. The van der Waals surface area contributed by atoms with Crippen LogP contribution in [0.25, 0.3) is 0 Å². The maximum atomic E-state index is 10.9. The monoisotopic (exact) mass is 218 g/mol. The zero-order valence-electron chi connectivity index (χ0n) is 9.48. The van der Waals surface area contributed by atoms with Crippen LogP contribution in [0.2, 0.25) is 0 Å². The first kappa shape index (κ1) is 11.3. The number of nitrogens with zero attached hydrogens (tertiary/aromatic N) is 1. The summed E-state index contributed by atoms with van der Waals surface area (Å²) in [5, 5.41) is 3.38. The van der Waals surface area contributed by atoms with Crippen molar-refractivity contribution >= 4 is 6.29 Å². The first-order valence-electron chi connectivity index (χ1n) is 5.86. The SMILES string of the molecule is O=Cc1ccccc1CN1CCCNCC1. The molecule has 0 atom stereocenters. The molecule has 3 nitrogen and oxygen atoms in total. The standard InChI is InChI=1S/C13H18N2O/c16-11-13-5-2-1-4-12(13)10-15-8-3-6-14-7-9-15/h1-2,4-5,11,14H,3,6-10H2. The summed E-state index contributed by atoms with van der Waals surface area (Å²) >= 11 is 0. The predicted octanol–water partition coefficient (Wildman–Crippen LogP) is 1.29. The fourth-order valence-electron chi connectivity index (χ4n) is 2.09. The highest BCUT2D eigenvalue weighted by Crippen LogP contribution is 2.10. The molecular formula is C13H18N2O. The number of nitrogens with one attached hydrogen (secondary N) is 1. The molecule has 16 heavy (non-hydrogen) atoms. The topological polar surface area (TPSA) is 32.3 Å². The van der Waals surface area contributed by atoms with E-state index in [-0.39, 0.29) is 0 Å². The summed E-state index contributed by atoms with van der Waals surface area (Å²) in [5.74, 6) is 0. The van der Waals surface area contributed by atoms with Crippen molar-refractivity contribution in [3.8, 4) is 0 Å². The van der Waals surface area contributed by atoms with Gasteiger partial charge in [-0.3, -0.25) is 9.69 Å². The zero-order chi connectivity index (χ0) is 11.2. The van der Waals surface area contributed by atoms with Crippen LogP contribution in [0.3, 0.4) is 0 Å². The molecule has 3 heteroatoms. The Morgan fingerprint density at radius 3 is 3.00 bits per heavy atom. The fraction of sp³-hybridized carbons (Fsp3) is 0.462. The van der Waals surface area contributed by atoms with E-state index in [4.69, 9.17) is 0 Å². The third-order valence-corrected chi connectivity index (χ3v) is 3.01. The number of carbonyl (C=O) groups excluding carboxylic acids is 1. The van der Waals surface area contributed by atoms with E-state index in [0.717, 1.165) is 50.1 Å². The molecule has 0 aliphatic carbocycles. The number of aldehydes is 1. The number of hydrogen-bond donors (Lipinski definition) is 1. The van der Waals surface area contributed by atoms with Crippen LogP contribution in [0.15, 0.2) is 24.3 Å². The Kier molecular flexibility index (Phi) is 4.08. The lowest BCUT2D eigenvalue weighted by molar-refractivity contribution is 0.112. The molecule has 0 bridgehead atoms. The molecule has 0 radical (unpaired) electrons. The van der Waals surface area contributed by atoms with Gasteiger partial charge in [0, 0.05) is 25.2 Å². The van der Waals surface area contributed by atoms with Crippen LogP contribution in [-0.2, 0) is 6.54 Å². The highest BCUT2D eigenvalue weighted by atomic mass is 16.1. The molecule has 2 rings (SSSR count). The average Bonchev–Trinajstić information content (AvgIpc) is 2.58. The lowest BCUT2D eigenvalue weighted by Crippen LogP contribution is -2.28. The molecule has 0 amide bonds. The molecule has 0 spiro atoms. The summed E-state index contributed by atoms with van der Waals surface area (Å²) in [5.41, 5.74) is 1.96. The number of benzene rings is 1. The van der Waals surface area contributed by atoms with Gasteiger partial charge >= 0.3 is 0 Å². The van der Waals surface area contributed by atoms with Crippen molar-refractivity contribution < 1.29 is 4.79 Å². The second kappa shape index (κ2) is 5.77. The molecule has 1 saturated heterocycles. The summed E-state index contributed by atoms with van der Waals surface area (Å²) in [6.45, 7) is 5.21. The van der Waals surface area contributed by atoms with Gasteiger partial charge in [-0.2, -0.15) is 0 Å². The van der Waals surface area contributed by atoms with E-state index in [1.165, 1.54) is 6.42 Å². The van der Waals surface area contributed by atoms with E-state index in [1.807, 2.05) is 24.3 Å². The van der Waals surface area contributed by atoms with Crippen LogP contribution in [-0.4, -0.2) is 37.4 Å². The minimum Gasteiger partial charge on any atom is -0.315 e. The summed E-state index contributed by atoms with van der Waals surface area (Å²) < 4.78 is 0. The minimum atomic E-state index is 0.819. The summed E-state index contributed by atoms with van der Waals surface area (Å²) in [4.78, 5) is 13.3. The maximum absolute atomic E-state index is 10.9. The van der Waals surface area contributed by atoms with Crippen LogP contribution in [0, 0.1) is 0 Å². The molecule has 1 N–H and O–H groups in total. The van der Waals surface area contributed by atoms with E-state index >= 15 is 0 Å². The molecule has 0 saturated carbocycles. The lowest BCUT2D eigenvalue weighted by Gasteiger charge is -2.20. The Hall–Kier alpha value is -1.19. The first-order chi connectivity index (χ1) is 7.90. The van der Waals surface area contributed by atoms with Gasteiger partial charge in [0.2, 0.25) is 0 Å². The molecule has 86 valence electrons. The second-order valence-electron chi connectivity index (χ2n) is 4.20. The highest BCUT2D eigenvalue weighted by Gasteiger charge is 2.10. The maximum Gasteiger partial charge on any atom is 0.150 e. The van der Waals surface area contributed by atoms with E-state index in [1.54, 1.807) is 0 Å². The molecule has 1 aliphatic heterocycles. The Bertz CT molecular complexity index is 344. The van der Waals surface area contributed by atoms with Crippen molar-refractivity contribution in [2.24, 2.45) is 0 Å². The second-order valence-corrected chi connectivity index (χ2v) is 4.20. The van der Waals surface area contributed by atoms with E-state index < -0.39 is 0 Å². The van der Waals surface area contributed by atoms with Crippen molar-refractivity contribution in [2.45, 2.75) is 13.0 Å². The Morgan fingerprint density at radius 1 is 1.25 bits per heavy atom. The van der Waals surface area contributed by atoms with Gasteiger partial charge < -0.3 is 5.32 Å². The van der Waals surface area contributed by atoms with Crippen LogP contribution >= 0.6 is 0 Å². The van der Waals surface area contributed by atoms with Crippen LogP contribution < -0.4 is 5.32 Å². The van der Waals surface area contributed by atoms with Gasteiger partial charge in [-0.15, -0.1) is 0 Å². The van der Waals surface area contributed by atoms with Gasteiger partial charge in [0.1, 0.15) is 6.29 Å². The van der Waals surface area contributed by atoms with Gasteiger partial charge in [-0.1, -0.05) is 24.3 Å². The summed E-state index contributed by atoms with van der Waals surface area (Å²) in [6.07, 6.45) is 2.13. The van der Waals surface area contributed by atoms with Gasteiger partial charge in [-0.05, 0) is 25.1 Å². The van der Waals surface area contributed by atoms with Crippen molar-refractivity contribution in [1.82, 2.24) is 10.2 Å². The third kappa shape index (κ3) is 2.90. The largest absolute Gasteiger partial charge is 0.315 e. The van der Waals surface area contributed by atoms with Crippen molar-refractivity contribution in [1.29, 1.82) is 0 Å². The van der Waals surface area contributed by atoms with E-state index in [2.05, 4.69) is 10.2 Å². The molecule has 1 aliphatic rings. The van der Waals surface area contributed by atoms with Gasteiger partial charge in [0.05, 0.1) is 0 Å². The molecule has 1 heterocycles. The van der Waals surface area contributed by atoms with Gasteiger partial charge in [0.15, 0.2) is 0 Å². The van der Waals surface area contributed by atoms with Crippen LogP contribution in [0.5, 0.6) is 0 Å². The molecular weight excluding hydrogens is 200 g/mol. The minimum absolute atomic E-state index is 0.819. The van der Waals surface area contributed by atoms with Crippen molar-refractivity contribution in [3.63, 3.8) is 0 Å². The average molecular weight is 218 g/mol. The Morgan fingerprint density at radius 2 is 2.12 bits per heavy atom. The highest BCUT2D eigenvalue weighted by molar-refractivity contribution is 5.77. The zero-order valence-corrected chi connectivity index (χ0v) is 9.48. The molecule has 1 fully saturated rings. The van der Waals surface area contributed by atoms with Crippen LogP contribution in [0.1, 0.15) is 22.3 Å². The summed E-state index contributed by atoms with van der Waals surface area (Å²) in [6, 6.07) is 7.84. The smallest absolute Gasteiger partial charge is 0.150 e. The van der Waals surface area contributed by atoms with Gasteiger partial charge in [-0.25, -0.2) is 0 Å². The van der Waals surface area contributed by atoms with Gasteiger partial charge in [0.25, 0.3) is 0 Å². The Balaban J connectivity index is 2.04. The third-order valence-electron chi connectivity index (χ3n) is 3.01. The first-order valence-corrected chi connectivity index (χ1v) is 5.86. The predicted molar refractivity (Wildman–Crippen MR) is 64.6 cm³/mol. The Labute approximate surface area is 96.5 Å². The van der Waals surface area contributed by atoms with Crippen LogP contribution in [0.4, 0.5) is 0 Å². The number of rotatable bonds is 3. The van der Waals surface area contributed by atoms with E-state index in [9.17, 15) is 4.79 Å². The van der Waals surface area contributed by atoms with E-state index in [0.29, 0.717) is 0 Å². The fourth-order valence-corrected chi connectivity index (χ4v) is 2.09. The molecule has 1 aromatic carbocycles. The summed E-state index contributed by atoms with van der Waals surface area (Å²) in [7, 11) is 0. The normalized spacial score (nSPS) is 18.0. The lowest BCUT2D eigenvalue weighted by atomic mass is 10.1. The molecule has 0 unspecified atom stereocenters. The number of hydrogen-bond acceptors (Lipinski definition) is 3. The quantitative estimate of drug-likeness (QED) is 0.776. The van der Waals surface area contributed by atoms with Crippen molar-refractivity contribution in [3.05, 3.63) is 35.4 Å².